The third kappa shape index (κ3) is 17.7. The fraction of sp³-hybridized carbons (Fsp3) is 0.875. The van der Waals surface area contributed by atoms with Gasteiger partial charge in [-0.1, -0.05) is 13.8 Å². The van der Waals surface area contributed by atoms with Gasteiger partial charge in [0.2, 0.25) is 5.91 Å². The van der Waals surface area contributed by atoms with Crippen LogP contribution in [0, 0.1) is 0 Å². The molecule has 0 aromatic rings. The summed E-state index contributed by atoms with van der Waals surface area (Å²) in [6, 6.07) is 0. The molecule has 0 saturated heterocycles. The molecule has 0 heterocycles. The molecular weight excluding hydrogens is 142 g/mol. The topological polar surface area (TPSA) is 38.3 Å². The smallest absolute Gasteiger partial charge is 0.216 e. The van der Waals surface area contributed by atoms with Crippen molar-refractivity contribution in [3.8, 4) is 0 Å². The SMILES string of the molecule is CC.COCCCNC(C)=O.[HH]. The minimum atomic E-state index is 0. The Kier molecular flexibility index (Phi) is 14.4. The highest BCUT2D eigenvalue weighted by Gasteiger charge is 1.87. The van der Waals surface area contributed by atoms with Crippen molar-refractivity contribution in [1.29, 1.82) is 0 Å². The summed E-state index contributed by atoms with van der Waals surface area (Å²) in [6.45, 7) is 6.93. The van der Waals surface area contributed by atoms with Gasteiger partial charge < -0.3 is 10.1 Å². The molecule has 3 nitrogen and oxygen atoms in total. The monoisotopic (exact) mass is 163 g/mol. The van der Waals surface area contributed by atoms with E-state index in [1.807, 2.05) is 13.8 Å². The molecule has 0 spiro atoms. The van der Waals surface area contributed by atoms with Crippen molar-refractivity contribution in [3.63, 3.8) is 0 Å². The Hall–Kier alpha value is -0.570. The van der Waals surface area contributed by atoms with Gasteiger partial charge in [-0.25, -0.2) is 0 Å². The minimum Gasteiger partial charge on any atom is -0.385 e. The van der Waals surface area contributed by atoms with E-state index < -0.39 is 0 Å². The van der Waals surface area contributed by atoms with Crippen LogP contribution in [0.2, 0.25) is 0 Å². The molecule has 0 saturated carbocycles. The van der Waals surface area contributed by atoms with E-state index in [-0.39, 0.29) is 7.33 Å². The van der Waals surface area contributed by atoms with E-state index >= 15 is 0 Å². The maximum absolute atomic E-state index is 10.3. The summed E-state index contributed by atoms with van der Waals surface area (Å²) in [5.41, 5.74) is 0. The highest BCUT2D eigenvalue weighted by molar-refractivity contribution is 5.72. The van der Waals surface area contributed by atoms with E-state index in [2.05, 4.69) is 5.32 Å². The van der Waals surface area contributed by atoms with E-state index in [0.29, 0.717) is 13.2 Å². The van der Waals surface area contributed by atoms with Crippen LogP contribution in [-0.2, 0) is 9.53 Å². The first kappa shape index (κ1) is 13.1. The number of carbonyl (C=O) groups is 1. The highest BCUT2D eigenvalue weighted by Crippen LogP contribution is 1.75. The molecule has 0 aliphatic carbocycles. The third-order valence-electron chi connectivity index (χ3n) is 0.899. The summed E-state index contributed by atoms with van der Waals surface area (Å²) in [7, 11) is 1.65. The average Bonchev–Trinajstić information content (AvgIpc) is 2.02. The first-order valence-corrected chi connectivity index (χ1v) is 4.00. The molecule has 0 fully saturated rings. The van der Waals surface area contributed by atoms with Crippen LogP contribution in [0.15, 0.2) is 0 Å². The predicted molar refractivity (Wildman–Crippen MR) is 48.6 cm³/mol. The number of nitrogens with one attached hydrogen (secondary N) is 1. The lowest BCUT2D eigenvalue weighted by molar-refractivity contribution is -0.118. The Morgan fingerprint density at radius 1 is 1.55 bits per heavy atom. The fourth-order valence-corrected chi connectivity index (χ4v) is 0.481. The van der Waals surface area contributed by atoms with Gasteiger partial charge in [0, 0.05) is 28.6 Å². The highest BCUT2D eigenvalue weighted by atomic mass is 16.5. The molecule has 0 aromatic carbocycles. The lowest BCUT2D eigenvalue weighted by Crippen LogP contribution is -2.21. The van der Waals surface area contributed by atoms with Gasteiger partial charge in [-0.2, -0.15) is 0 Å². The second kappa shape index (κ2) is 12.1. The minimum absolute atomic E-state index is 0. The summed E-state index contributed by atoms with van der Waals surface area (Å²) < 4.78 is 4.77. The standard InChI is InChI=1S/C6H13NO2.C2H6.H2/c1-6(8)7-4-3-5-9-2;1-2;/h3-5H2,1-2H3,(H,7,8);1-2H3;1H. The van der Waals surface area contributed by atoms with Gasteiger partial charge in [0.1, 0.15) is 0 Å². The summed E-state index contributed by atoms with van der Waals surface area (Å²) in [6.07, 6.45) is 0.885. The van der Waals surface area contributed by atoms with Gasteiger partial charge in [-0.15, -0.1) is 0 Å². The van der Waals surface area contributed by atoms with E-state index in [4.69, 9.17) is 4.74 Å². The number of hydrogen-bond donors (Lipinski definition) is 1. The van der Waals surface area contributed by atoms with Gasteiger partial charge in [-0.3, -0.25) is 4.79 Å². The summed E-state index contributed by atoms with van der Waals surface area (Å²) in [5, 5.41) is 2.66. The average molecular weight is 163 g/mol. The Labute approximate surface area is 70.6 Å². The Morgan fingerprint density at radius 3 is 2.45 bits per heavy atom. The van der Waals surface area contributed by atoms with E-state index in [9.17, 15) is 4.79 Å². The van der Waals surface area contributed by atoms with Crippen molar-refractivity contribution >= 4 is 5.91 Å². The van der Waals surface area contributed by atoms with Gasteiger partial charge in [0.25, 0.3) is 0 Å². The molecule has 0 aromatic heterocycles. The molecule has 0 rings (SSSR count). The number of hydrogen-bond acceptors (Lipinski definition) is 2. The van der Waals surface area contributed by atoms with Crippen LogP contribution in [0.4, 0.5) is 0 Å². The number of carbonyl (C=O) groups excluding carboxylic acids is 1. The van der Waals surface area contributed by atoms with Crippen LogP contribution >= 0.6 is 0 Å². The normalized spacial score (nSPS) is 8.00. The van der Waals surface area contributed by atoms with E-state index in [1.165, 1.54) is 6.92 Å². The van der Waals surface area contributed by atoms with Crippen molar-refractivity contribution in [2.24, 2.45) is 0 Å². The quantitative estimate of drug-likeness (QED) is 0.637. The van der Waals surface area contributed by atoms with Crippen LogP contribution in [0.5, 0.6) is 0 Å². The second-order valence-corrected chi connectivity index (χ2v) is 1.83. The maximum atomic E-state index is 10.3. The molecule has 3 heteroatoms. The molecule has 1 N–H and O–H groups in total. The maximum Gasteiger partial charge on any atom is 0.216 e. The number of methoxy groups -OCH3 is 1. The molecule has 11 heavy (non-hydrogen) atoms. The molecule has 0 aliphatic heterocycles. The Morgan fingerprint density at radius 2 is 2.09 bits per heavy atom. The zero-order valence-electron chi connectivity index (χ0n) is 7.94. The molecule has 70 valence electrons. The predicted octanol–water partition coefficient (Wildman–Crippen LogP) is 1.43. The number of amides is 1. The van der Waals surface area contributed by atoms with Crippen molar-refractivity contribution in [1.82, 2.24) is 5.32 Å². The van der Waals surface area contributed by atoms with Crippen LogP contribution < -0.4 is 5.32 Å². The zero-order chi connectivity index (χ0) is 9.11. The van der Waals surface area contributed by atoms with Crippen molar-refractivity contribution < 1.29 is 11.0 Å². The van der Waals surface area contributed by atoms with E-state index in [1.54, 1.807) is 7.11 Å². The Bertz CT molecular complexity index is 89.1. The Balaban J connectivity index is -0.000000249. The molecule has 0 unspecified atom stereocenters. The molecule has 0 radical (unpaired) electrons. The van der Waals surface area contributed by atoms with Crippen LogP contribution in [0.1, 0.15) is 28.6 Å². The summed E-state index contributed by atoms with van der Waals surface area (Å²) in [5.74, 6) is 0.0195. The lowest BCUT2D eigenvalue weighted by Gasteiger charge is -1.98. The lowest BCUT2D eigenvalue weighted by atomic mass is 10.4. The van der Waals surface area contributed by atoms with Crippen molar-refractivity contribution in [2.45, 2.75) is 27.2 Å². The largest absolute Gasteiger partial charge is 0.385 e. The summed E-state index contributed by atoms with van der Waals surface area (Å²) in [4.78, 5) is 10.3. The van der Waals surface area contributed by atoms with E-state index in [0.717, 1.165) is 6.42 Å². The van der Waals surface area contributed by atoms with Crippen LogP contribution in [0.25, 0.3) is 0 Å². The van der Waals surface area contributed by atoms with Gasteiger partial charge in [0.05, 0.1) is 0 Å². The summed E-state index contributed by atoms with van der Waals surface area (Å²) >= 11 is 0. The molecule has 0 atom stereocenters. The fourth-order valence-electron chi connectivity index (χ4n) is 0.481. The number of rotatable bonds is 4. The van der Waals surface area contributed by atoms with Crippen molar-refractivity contribution in [2.75, 3.05) is 20.3 Å². The zero-order valence-corrected chi connectivity index (χ0v) is 7.94. The second-order valence-electron chi connectivity index (χ2n) is 1.83. The first-order valence-electron chi connectivity index (χ1n) is 4.00. The van der Waals surface area contributed by atoms with Crippen LogP contribution in [0.3, 0.4) is 0 Å². The molecule has 1 amide bonds. The first-order chi connectivity index (χ1) is 5.27. The molecular formula is C8H21NO2. The van der Waals surface area contributed by atoms with Gasteiger partial charge in [-0.05, 0) is 6.42 Å². The molecule has 0 aliphatic rings. The van der Waals surface area contributed by atoms with Crippen LogP contribution in [-0.4, -0.2) is 26.2 Å². The van der Waals surface area contributed by atoms with Gasteiger partial charge in [0.15, 0.2) is 0 Å². The third-order valence-corrected chi connectivity index (χ3v) is 0.899. The molecule has 0 bridgehead atoms. The van der Waals surface area contributed by atoms with Crippen molar-refractivity contribution in [3.05, 3.63) is 0 Å². The number of ether oxygens (including phenoxy) is 1. The van der Waals surface area contributed by atoms with Gasteiger partial charge >= 0.3 is 0 Å².